The van der Waals surface area contributed by atoms with Gasteiger partial charge in [0.25, 0.3) is 11.5 Å². The number of aromatic amines is 1. The lowest BCUT2D eigenvalue weighted by molar-refractivity contribution is 0.0744. The van der Waals surface area contributed by atoms with Crippen molar-refractivity contribution in [3.63, 3.8) is 0 Å². The molecule has 3 heterocycles. The molecule has 3 rings (SSSR count). The minimum atomic E-state index is -0.327. The van der Waals surface area contributed by atoms with E-state index in [4.69, 9.17) is 0 Å². The fourth-order valence-electron chi connectivity index (χ4n) is 2.60. The summed E-state index contributed by atoms with van der Waals surface area (Å²) < 4.78 is 0.939. The van der Waals surface area contributed by atoms with Gasteiger partial charge in [-0.15, -0.1) is 0 Å². The molecule has 1 fully saturated rings. The van der Waals surface area contributed by atoms with E-state index in [2.05, 4.69) is 30.8 Å². The number of hydrogen-bond acceptors (Lipinski definition) is 4. The lowest BCUT2D eigenvalue weighted by Gasteiger charge is -2.35. The monoisotopic (exact) mass is 376 g/mol. The molecule has 23 heavy (non-hydrogen) atoms. The Morgan fingerprint density at radius 2 is 1.91 bits per heavy atom. The zero-order valence-corrected chi connectivity index (χ0v) is 14.3. The van der Waals surface area contributed by atoms with E-state index in [1.54, 1.807) is 30.2 Å². The van der Waals surface area contributed by atoms with Crippen molar-refractivity contribution in [3.8, 4) is 0 Å². The molecule has 0 saturated carbocycles. The first-order valence-electron chi connectivity index (χ1n) is 7.40. The van der Waals surface area contributed by atoms with Crippen LogP contribution in [0.5, 0.6) is 0 Å². The van der Waals surface area contributed by atoms with Gasteiger partial charge in [-0.3, -0.25) is 9.59 Å². The van der Waals surface area contributed by atoms with Crippen LogP contribution in [0.1, 0.15) is 16.1 Å². The summed E-state index contributed by atoms with van der Waals surface area (Å²) in [6, 6.07) is 7.24. The minimum Gasteiger partial charge on any atom is -0.353 e. The van der Waals surface area contributed by atoms with Gasteiger partial charge in [0, 0.05) is 42.5 Å². The van der Waals surface area contributed by atoms with E-state index in [1.165, 1.54) is 0 Å². The lowest BCUT2D eigenvalue weighted by Crippen LogP contribution is -2.49. The number of halogens is 1. The van der Waals surface area contributed by atoms with E-state index in [9.17, 15) is 9.59 Å². The van der Waals surface area contributed by atoms with Crippen LogP contribution in [-0.4, -0.2) is 47.0 Å². The van der Waals surface area contributed by atoms with Crippen molar-refractivity contribution in [1.29, 1.82) is 0 Å². The fraction of sp³-hybridized carbons (Fsp3) is 0.312. The second kappa shape index (κ2) is 6.54. The number of anilines is 1. The average Bonchev–Trinajstić information content (AvgIpc) is 2.55. The molecule has 1 amide bonds. The van der Waals surface area contributed by atoms with Crippen LogP contribution in [0.4, 0.5) is 5.82 Å². The summed E-state index contributed by atoms with van der Waals surface area (Å²) in [5.74, 6) is 0.683. The Morgan fingerprint density at radius 3 is 2.52 bits per heavy atom. The molecule has 2 aromatic rings. The molecule has 120 valence electrons. The SMILES string of the molecule is Cc1ccc(C(=O)N2CCN(c3ccc(Br)cn3)CC2)c(=O)[nH]1. The number of amides is 1. The van der Waals surface area contributed by atoms with E-state index in [0.717, 1.165) is 16.0 Å². The molecule has 0 spiro atoms. The number of hydrogen-bond donors (Lipinski definition) is 1. The number of H-pyrrole nitrogens is 1. The van der Waals surface area contributed by atoms with Crippen molar-refractivity contribution < 1.29 is 4.79 Å². The number of piperazine rings is 1. The van der Waals surface area contributed by atoms with Gasteiger partial charge in [0.15, 0.2) is 0 Å². The van der Waals surface area contributed by atoms with Gasteiger partial charge < -0.3 is 14.8 Å². The Kier molecular flexibility index (Phi) is 4.47. The van der Waals surface area contributed by atoms with Crippen LogP contribution >= 0.6 is 15.9 Å². The Balaban J connectivity index is 1.67. The van der Waals surface area contributed by atoms with Gasteiger partial charge in [0.2, 0.25) is 0 Å². The first-order valence-corrected chi connectivity index (χ1v) is 8.19. The Morgan fingerprint density at radius 1 is 1.17 bits per heavy atom. The Labute approximate surface area is 142 Å². The standard InChI is InChI=1S/C16H17BrN4O2/c1-11-2-4-13(15(22)19-11)16(23)21-8-6-20(7-9-21)14-5-3-12(17)10-18-14/h2-5,10H,6-9H2,1H3,(H,19,22). The molecule has 2 aromatic heterocycles. The third kappa shape index (κ3) is 3.44. The molecule has 0 atom stereocenters. The van der Waals surface area contributed by atoms with Crippen LogP contribution in [-0.2, 0) is 0 Å². The molecule has 1 aliphatic heterocycles. The van der Waals surface area contributed by atoms with Crippen LogP contribution in [0.25, 0.3) is 0 Å². The lowest BCUT2D eigenvalue weighted by atomic mass is 10.2. The van der Waals surface area contributed by atoms with Crippen molar-refractivity contribution in [2.24, 2.45) is 0 Å². The molecule has 0 unspecified atom stereocenters. The van der Waals surface area contributed by atoms with E-state index < -0.39 is 0 Å². The third-order valence-corrected chi connectivity index (χ3v) is 4.36. The second-order valence-electron chi connectivity index (χ2n) is 5.50. The van der Waals surface area contributed by atoms with Gasteiger partial charge in [-0.05, 0) is 47.1 Å². The minimum absolute atomic E-state index is 0.200. The van der Waals surface area contributed by atoms with Gasteiger partial charge in [-0.1, -0.05) is 0 Å². The van der Waals surface area contributed by atoms with Gasteiger partial charge in [-0.2, -0.15) is 0 Å². The molecule has 7 heteroatoms. The van der Waals surface area contributed by atoms with Crippen LogP contribution in [0.3, 0.4) is 0 Å². The molecule has 0 radical (unpaired) electrons. The van der Waals surface area contributed by atoms with Crippen molar-refractivity contribution in [1.82, 2.24) is 14.9 Å². The van der Waals surface area contributed by atoms with Crippen molar-refractivity contribution >= 4 is 27.7 Å². The van der Waals surface area contributed by atoms with E-state index in [-0.39, 0.29) is 17.0 Å². The maximum absolute atomic E-state index is 12.5. The third-order valence-electron chi connectivity index (χ3n) is 3.89. The molecule has 6 nitrogen and oxygen atoms in total. The first kappa shape index (κ1) is 15.7. The molecule has 0 aliphatic carbocycles. The highest BCUT2D eigenvalue weighted by atomic mass is 79.9. The summed E-state index contributed by atoms with van der Waals surface area (Å²) in [4.78, 5) is 35.3. The summed E-state index contributed by atoms with van der Waals surface area (Å²) in [7, 11) is 0. The fourth-order valence-corrected chi connectivity index (χ4v) is 2.84. The van der Waals surface area contributed by atoms with E-state index in [1.807, 2.05) is 12.1 Å². The van der Waals surface area contributed by atoms with Crippen molar-refractivity contribution in [2.45, 2.75) is 6.92 Å². The number of aromatic nitrogens is 2. The number of pyridine rings is 2. The van der Waals surface area contributed by atoms with Crippen LogP contribution in [0.15, 0.2) is 39.7 Å². The molecule has 1 saturated heterocycles. The van der Waals surface area contributed by atoms with Crippen LogP contribution in [0.2, 0.25) is 0 Å². The first-order chi connectivity index (χ1) is 11.0. The average molecular weight is 377 g/mol. The zero-order chi connectivity index (χ0) is 16.4. The van der Waals surface area contributed by atoms with Crippen molar-refractivity contribution in [3.05, 3.63) is 56.5 Å². The van der Waals surface area contributed by atoms with Gasteiger partial charge >= 0.3 is 0 Å². The molecule has 0 bridgehead atoms. The number of nitrogens with zero attached hydrogens (tertiary/aromatic N) is 3. The topological polar surface area (TPSA) is 69.3 Å². The van der Waals surface area contributed by atoms with Gasteiger partial charge in [0.1, 0.15) is 11.4 Å². The maximum Gasteiger partial charge on any atom is 0.260 e. The quantitative estimate of drug-likeness (QED) is 0.867. The van der Waals surface area contributed by atoms with E-state index >= 15 is 0 Å². The Bertz CT molecular complexity index is 764. The van der Waals surface area contributed by atoms with Crippen LogP contribution in [0, 0.1) is 6.92 Å². The zero-order valence-electron chi connectivity index (χ0n) is 12.8. The molecular weight excluding hydrogens is 360 g/mol. The highest BCUT2D eigenvalue weighted by Crippen LogP contribution is 2.17. The van der Waals surface area contributed by atoms with Gasteiger partial charge in [0.05, 0.1) is 0 Å². The highest BCUT2D eigenvalue weighted by Gasteiger charge is 2.24. The largest absolute Gasteiger partial charge is 0.353 e. The molecular formula is C16H17BrN4O2. The number of aryl methyl sites for hydroxylation is 1. The summed E-state index contributed by atoms with van der Waals surface area (Å²) in [6.45, 7) is 4.34. The number of nitrogens with one attached hydrogen (secondary N) is 1. The van der Waals surface area contributed by atoms with E-state index in [0.29, 0.717) is 26.2 Å². The molecule has 1 N–H and O–H groups in total. The van der Waals surface area contributed by atoms with Gasteiger partial charge in [-0.25, -0.2) is 4.98 Å². The molecule has 0 aromatic carbocycles. The number of rotatable bonds is 2. The predicted octanol–water partition coefficient (Wildman–Crippen LogP) is 1.80. The second-order valence-corrected chi connectivity index (χ2v) is 6.41. The molecule has 1 aliphatic rings. The predicted molar refractivity (Wildman–Crippen MR) is 91.9 cm³/mol. The Hall–Kier alpha value is -2.15. The summed E-state index contributed by atoms with van der Waals surface area (Å²) >= 11 is 3.37. The smallest absolute Gasteiger partial charge is 0.260 e. The van der Waals surface area contributed by atoms with Crippen LogP contribution < -0.4 is 10.5 Å². The normalized spacial score (nSPS) is 14.9. The maximum atomic E-state index is 12.5. The van der Waals surface area contributed by atoms with Crippen molar-refractivity contribution in [2.75, 3.05) is 31.1 Å². The number of carbonyl (C=O) groups is 1. The summed E-state index contributed by atoms with van der Waals surface area (Å²) in [6.07, 6.45) is 1.76. The summed E-state index contributed by atoms with van der Waals surface area (Å²) in [5.41, 5.74) is 0.621. The summed E-state index contributed by atoms with van der Waals surface area (Å²) in [5, 5.41) is 0. The highest BCUT2D eigenvalue weighted by molar-refractivity contribution is 9.10. The number of carbonyl (C=O) groups excluding carboxylic acids is 1.